The van der Waals surface area contributed by atoms with Crippen LogP contribution in [0, 0.1) is 0 Å². The van der Waals surface area contributed by atoms with Crippen LogP contribution >= 0.6 is 0 Å². The van der Waals surface area contributed by atoms with Crippen molar-refractivity contribution in [1.82, 2.24) is 5.32 Å². The van der Waals surface area contributed by atoms with E-state index in [0.717, 1.165) is 44.1 Å². The Bertz CT molecular complexity index is 774. The van der Waals surface area contributed by atoms with Gasteiger partial charge in [-0.15, -0.1) is 0 Å². The molecule has 0 aliphatic carbocycles. The van der Waals surface area contributed by atoms with E-state index in [-0.39, 0.29) is 25.5 Å². The molecule has 1 aliphatic rings. The van der Waals surface area contributed by atoms with Crippen molar-refractivity contribution in [1.29, 1.82) is 0 Å². The van der Waals surface area contributed by atoms with E-state index in [1.165, 1.54) is 83.1 Å². The number of aliphatic hydroxyl groups is 1. The minimum atomic E-state index is -0.946. The number of carbonyl (C=O) groups excluding carboxylic acids is 2. The Labute approximate surface area is 268 Å². The molecule has 8 heteroatoms. The van der Waals surface area contributed by atoms with Gasteiger partial charge in [-0.05, 0) is 26.2 Å². The predicted octanol–water partition coefficient (Wildman–Crippen LogP) is 8.35. The fourth-order valence-corrected chi connectivity index (χ4v) is 5.77. The van der Waals surface area contributed by atoms with Crippen molar-refractivity contribution in [3.63, 3.8) is 0 Å². The molecule has 0 aromatic carbocycles. The molecule has 1 saturated heterocycles. The van der Waals surface area contributed by atoms with Crippen LogP contribution in [-0.2, 0) is 23.7 Å². The first-order valence-corrected chi connectivity index (χ1v) is 17.7. The number of amides is 1. The van der Waals surface area contributed by atoms with Gasteiger partial charge in [0.25, 0.3) is 0 Å². The molecule has 5 unspecified atom stereocenters. The molecular weight excluding hydrogens is 558 g/mol. The van der Waals surface area contributed by atoms with Crippen molar-refractivity contribution in [2.24, 2.45) is 0 Å². The molecule has 2 N–H and O–H groups in total. The molecule has 44 heavy (non-hydrogen) atoms. The highest BCUT2D eigenvalue weighted by Crippen LogP contribution is 2.27. The average molecular weight is 624 g/mol. The summed E-state index contributed by atoms with van der Waals surface area (Å²) < 4.78 is 23.0. The molecule has 256 valence electrons. The molecule has 5 atom stereocenters. The summed E-state index contributed by atoms with van der Waals surface area (Å²) in [6.45, 7) is 14.1. The topological polar surface area (TPSA) is 103 Å². The van der Waals surface area contributed by atoms with Crippen LogP contribution in [0.3, 0.4) is 0 Å². The zero-order valence-corrected chi connectivity index (χ0v) is 28.3. The fraction of sp³-hybridized carbons (Fsp3) is 0.833. The maximum absolute atomic E-state index is 13.1. The number of hydrogen-bond acceptors (Lipinski definition) is 7. The molecule has 0 spiro atoms. The molecule has 0 bridgehead atoms. The van der Waals surface area contributed by atoms with Gasteiger partial charge in [-0.25, -0.2) is 4.79 Å². The van der Waals surface area contributed by atoms with Gasteiger partial charge in [0.15, 0.2) is 6.10 Å². The second-order valence-corrected chi connectivity index (χ2v) is 12.4. The summed E-state index contributed by atoms with van der Waals surface area (Å²) in [5.74, 6) is -0.164. The lowest BCUT2D eigenvalue weighted by Crippen LogP contribution is -2.65. The van der Waals surface area contributed by atoms with E-state index in [1.54, 1.807) is 0 Å². The van der Waals surface area contributed by atoms with Gasteiger partial charge >= 0.3 is 6.16 Å². The second-order valence-electron chi connectivity index (χ2n) is 12.4. The van der Waals surface area contributed by atoms with Crippen LogP contribution in [-0.4, -0.2) is 67.4 Å². The van der Waals surface area contributed by atoms with Gasteiger partial charge in [-0.3, -0.25) is 4.79 Å². The molecule has 1 rings (SSSR count). The van der Waals surface area contributed by atoms with Crippen LogP contribution in [0.2, 0.25) is 0 Å². The second kappa shape index (κ2) is 26.3. The maximum Gasteiger partial charge on any atom is 0.509 e. The van der Waals surface area contributed by atoms with Crippen LogP contribution in [0.4, 0.5) is 4.79 Å². The standard InChI is InChI=1S/C36H65NO7/c1-6-9-11-13-15-17-18-20-22-24-29(4)27-32(39)37-33-30(5)43-31(28-38)34(44-36(40)42-25-8-3)35(33)41-26-23-21-19-16-14-12-10-7-2/h8,30-31,33-35,38H,3-4,6-7,9-28H2,1-2,5H3,(H,37,39). The van der Waals surface area contributed by atoms with Crippen molar-refractivity contribution < 1.29 is 33.6 Å². The van der Waals surface area contributed by atoms with Gasteiger partial charge < -0.3 is 29.4 Å². The molecule has 0 aromatic heterocycles. The van der Waals surface area contributed by atoms with Gasteiger partial charge in [0.05, 0.1) is 18.8 Å². The lowest BCUT2D eigenvalue weighted by molar-refractivity contribution is -0.208. The van der Waals surface area contributed by atoms with Crippen molar-refractivity contribution in [3.05, 3.63) is 24.8 Å². The number of aliphatic hydroxyl groups excluding tert-OH is 1. The largest absolute Gasteiger partial charge is 0.509 e. The summed E-state index contributed by atoms with van der Waals surface area (Å²) in [7, 11) is 0. The van der Waals surface area contributed by atoms with E-state index in [2.05, 4.69) is 32.3 Å². The van der Waals surface area contributed by atoms with E-state index >= 15 is 0 Å². The number of ether oxygens (including phenoxy) is 4. The van der Waals surface area contributed by atoms with Crippen molar-refractivity contribution >= 4 is 12.1 Å². The summed E-state index contributed by atoms with van der Waals surface area (Å²) >= 11 is 0. The molecule has 8 nitrogen and oxygen atoms in total. The Morgan fingerprint density at radius 2 is 1.39 bits per heavy atom. The summed E-state index contributed by atoms with van der Waals surface area (Å²) in [6, 6.07) is -0.572. The third-order valence-electron chi connectivity index (χ3n) is 8.35. The smallest absolute Gasteiger partial charge is 0.430 e. The van der Waals surface area contributed by atoms with Gasteiger partial charge in [0, 0.05) is 13.0 Å². The van der Waals surface area contributed by atoms with Gasteiger partial charge in [0.2, 0.25) is 5.91 Å². The van der Waals surface area contributed by atoms with Gasteiger partial charge in [-0.1, -0.05) is 135 Å². The third-order valence-corrected chi connectivity index (χ3v) is 8.35. The van der Waals surface area contributed by atoms with E-state index in [9.17, 15) is 14.7 Å². The van der Waals surface area contributed by atoms with Crippen LogP contribution in [0.15, 0.2) is 24.8 Å². The number of carbonyl (C=O) groups is 2. The first-order chi connectivity index (χ1) is 21.4. The quantitative estimate of drug-likeness (QED) is 0.0538. The summed E-state index contributed by atoms with van der Waals surface area (Å²) in [4.78, 5) is 25.5. The van der Waals surface area contributed by atoms with Crippen LogP contribution in [0.1, 0.15) is 143 Å². The molecule has 1 aliphatic heterocycles. The number of unbranched alkanes of at least 4 members (excludes halogenated alkanes) is 15. The van der Waals surface area contributed by atoms with E-state index in [1.807, 2.05) is 6.92 Å². The predicted molar refractivity (Wildman–Crippen MR) is 178 cm³/mol. The lowest BCUT2D eigenvalue weighted by Gasteiger charge is -2.44. The molecule has 0 radical (unpaired) electrons. The van der Waals surface area contributed by atoms with E-state index in [4.69, 9.17) is 18.9 Å². The Balaban J connectivity index is 2.69. The molecule has 0 aromatic rings. The Morgan fingerprint density at radius 3 is 1.93 bits per heavy atom. The summed E-state index contributed by atoms with van der Waals surface area (Å²) in [5, 5.41) is 13.1. The highest BCUT2D eigenvalue weighted by molar-refractivity contribution is 5.78. The van der Waals surface area contributed by atoms with Crippen LogP contribution in [0.5, 0.6) is 0 Å². The monoisotopic (exact) mass is 623 g/mol. The van der Waals surface area contributed by atoms with Crippen molar-refractivity contribution in [2.75, 3.05) is 19.8 Å². The number of nitrogens with one attached hydrogen (secondary N) is 1. The third kappa shape index (κ3) is 18.2. The molecule has 0 saturated carbocycles. The van der Waals surface area contributed by atoms with E-state index < -0.39 is 36.6 Å². The zero-order chi connectivity index (χ0) is 32.4. The highest BCUT2D eigenvalue weighted by atomic mass is 16.7. The number of hydrogen-bond donors (Lipinski definition) is 2. The molecule has 1 heterocycles. The maximum atomic E-state index is 13.1. The Morgan fingerprint density at radius 1 is 0.841 bits per heavy atom. The number of rotatable bonds is 27. The summed E-state index contributed by atoms with van der Waals surface area (Å²) in [6.07, 6.45) is 19.3. The van der Waals surface area contributed by atoms with Crippen molar-refractivity contribution in [3.8, 4) is 0 Å². The first kappa shape index (κ1) is 40.1. The Hall–Kier alpha value is -1.90. The van der Waals surface area contributed by atoms with Crippen LogP contribution < -0.4 is 5.32 Å². The van der Waals surface area contributed by atoms with Gasteiger partial charge in [0.1, 0.15) is 18.8 Å². The molecule has 1 amide bonds. The molecule has 1 fully saturated rings. The van der Waals surface area contributed by atoms with Crippen molar-refractivity contribution in [2.45, 2.75) is 173 Å². The summed E-state index contributed by atoms with van der Waals surface area (Å²) in [5.41, 5.74) is 0.903. The van der Waals surface area contributed by atoms with Gasteiger partial charge in [-0.2, -0.15) is 0 Å². The Kier molecular flexibility index (Phi) is 24.0. The fourth-order valence-electron chi connectivity index (χ4n) is 5.77. The highest BCUT2D eigenvalue weighted by Gasteiger charge is 2.48. The van der Waals surface area contributed by atoms with Crippen LogP contribution in [0.25, 0.3) is 0 Å². The molecular formula is C36H65NO7. The van der Waals surface area contributed by atoms with E-state index in [0.29, 0.717) is 6.61 Å². The normalized spacial score (nSPS) is 21.5. The zero-order valence-electron chi connectivity index (χ0n) is 28.3. The SMILES string of the molecule is C=CCOC(=O)OC1C(CO)OC(C)C(NC(=O)CC(=C)CCCCCCCCCCC)C1OCCCCCCCCCC. The minimum Gasteiger partial charge on any atom is -0.430 e. The lowest BCUT2D eigenvalue weighted by atomic mass is 9.92. The average Bonchev–Trinajstić information content (AvgIpc) is 3.00. The first-order valence-electron chi connectivity index (χ1n) is 17.7. The minimum absolute atomic E-state index is 0.00236.